The minimum atomic E-state index is -0.845. The molecule has 0 aliphatic carbocycles. The monoisotopic (exact) mass is 321 g/mol. The molecule has 0 aliphatic heterocycles. The van der Waals surface area contributed by atoms with Crippen LogP contribution < -0.4 is 0 Å². The van der Waals surface area contributed by atoms with Gasteiger partial charge in [0.05, 0.1) is 12.1 Å². The number of benzene rings is 1. The summed E-state index contributed by atoms with van der Waals surface area (Å²) in [6.45, 7) is 2.02. The summed E-state index contributed by atoms with van der Waals surface area (Å²) in [5, 5.41) is 13.8. The van der Waals surface area contributed by atoms with Crippen molar-refractivity contribution in [3.63, 3.8) is 0 Å². The Labute approximate surface area is 129 Å². The summed E-state index contributed by atoms with van der Waals surface area (Å²) in [7, 11) is 0. The molecular weight excluding hydrogens is 310 g/mol. The van der Waals surface area contributed by atoms with E-state index in [1.807, 2.05) is 31.2 Å². The maximum Gasteiger partial charge on any atom is 0.303 e. The first kappa shape index (κ1) is 14.0. The fourth-order valence-corrected chi connectivity index (χ4v) is 3.21. The highest BCUT2D eigenvalue weighted by atomic mass is 35.5. The van der Waals surface area contributed by atoms with Gasteiger partial charge >= 0.3 is 5.97 Å². The molecule has 0 saturated carbocycles. The molecule has 0 radical (unpaired) electrons. The van der Waals surface area contributed by atoms with Gasteiger partial charge in [0.2, 0.25) is 4.96 Å². The highest BCUT2D eigenvalue weighted by Crippen LogP contribution is 2.31. The molecule has 2 heterocycles. The Balaban J connectivity index is 2.03. The molecule has 2 aromatic heterocycles. The van der Waals surface area contributed by atoms with Crippen molar-refractivity contribution in [1.29, 1.82) is 0 Å². The van der Waals surface area contributed by atoms with Gasteiger partial charge in [-0.25, -0.2) is 9.50 Å². The van der Waals surface area contributed by atoms with E-state index in [0.717, 1.165) is 21.1 Å². The van der Waals surface area contributed by atoms with E-state index in [0.29, 0.717) is 17.3 Å². The van der Waals surface area contributed by atoms with Crippen molar-refractivity contribution in [3.8, 4) is 11.3 Å². The number of carbonyl (C=O) groups is 1. The minimum Gasteiger partial charge on any atom is -0.481 e. The summed E-state index contributed by atoms with van der Waals surface area (Å²) in [6.07, 6.45) is 0.371. The molecule has 1 N–H and O–H groups in total. The van der Waals surface area contributed by atoms with Crippen LogP contribution in [0.5, 0.6) is 0 Å². The van der Waals surface area contributed by atoms with E-state index in [-0.39, 0.29) is 6.42 Å². The molecule has 0 bridgehead atoms. The van der Waals surface area contributed by atoms with Crippen molar-refractivity contribution in [2.45, 2.75) is 19.8 Å². The minimum absolute atomic E-state index is 0.0348. The van der Waals surface area contributed by atoms with Gasteiger partial charge in [0.15, 0.2) is 5.82 Å². The van der Waals surface area contributed by atoms with Crippen molar-refractivity contribution in [2.75, 3.05) is 0 Å². The molecule has 5 nitrogen and oxygen atoms in total. The Hall–Kier alpha value is -1.92. The summed E-state index contributed by atoms with van der Waals surface area (Å²) in [5.41, 5.74) is 1.98. The van der Waals surface area contributed by atoms with E-state index >= 15 is 0 Å². The molecule has 21 heavy (non-hydrogen) atoms. The van der Waals surface area contributed by atoms with Crippen molar-refractivity contribution in [2.24, 2.45) is 0 Å². The predicted octanol–water partition coefficient (Wildman–Crippen LogP) is 3.44. The molecule has 0 saturated heterocycles. The topological polar surface area (TPSA) is 67.5 Å². The highest BCUT2D eigenvalue weighted by Gasteiger charge is 2.15. The molecule has 108 valence electrons. The number of fused-ring (bicyclic) bond motifs is 1. The van der Waals surface area contributed by atoms with Gasteiger partial charge < -0.3 is 5.11 Å². The number of nitrogens with zero attached hydrogens (tertiary/aromatic N) is 3. The van der Waals surface area contributed by atoms with Crippen LogP contribution in [0.3, 0.4) is 0 Å². The highest BCUT2D eigenvalue weighted by molar-refractivity contribution is 7.17. The third-order valence-corrected chi connectivity index (χ3v) is 4.29. The number of hydrogen-bond donors (Lipinski definition) is 1. The lowest BCUT2D eigenvalue weighted by molar-refractivity contribution is -0.137. The van der Waals surface area contributed by atoms with Crippen molar-refractivity contribution < 1.29 is 9.90 Å². The Bertz CT molecular complexity index is 808. The molecule has 3 aromatic rings. The van der Waals surface area contributed by atoms with Crippen molar-refractivity contribution in [1.82, 2.24) is 14.6 Å². The van der Waals surface area contributed by atoms with Gasteiger partial charge in [0.1, 0.15) is 0 Å². The van der Waals surface area contributed by atoms with E-state index in [4.69, 9.17) is 16.7 Å². The Kier molecular flexibility index (Phi) is 3.65. The average molecular weight is 322 g/mol. The smallest absolute Gasteiger partial charge is 0.303 e. The van der Waals surface area contributed by atoms with Crippen LogP contribution in [-0.2, 0) is 11.2 Å². The lowest BCUT2D eigenvalue weighted by atomic mass is 10.1. The second-order valence-electron chi connectivity index (χ2n) is 4.63. The van der Waals surface area contributed by atoms with Gasteiger partial charge in [-0.1, -0.05) is 35.1 Å². The number of rotatable bonds is 4. The fourth-order valence-electron chi connectivity index (χ4n) is 2.14. The zero-order valence-electron chi connectivity index (χ0n) is 11.2. The molecule has 0 spiro atoms. The molecule has 1 aromatic carbocycles. The zero-order chi connectivity index (χ0) is 15.0. The number of carboxylic acid groups (broad SMARTS) is 1. The quantitative estimate of drug-likeness (QED) is 0.799. The third kappa shape index (κ3) is 2.77. The maximum atomic E-state index is 10.6. The van der Waals surface area contributed by atoms with Gasteiger partial charge in [-0.15, -0.1) is 5.10 Å². The second-order valence-corrected chi connectivity index (χ2v) is 6.25. The largest absolute Gasteiger partial charge is 0.481 e. The molecule has 0 aliphatic rings. The fraction of sp³-hybridized carbons (Fsp3) is 0.214. The van der Waals surface area contributed by atoms with Gasteiger partial charge in [0.25, 0.3) is 0 Å². The number of carboxylic acids is 1. The number of aromatic nitrogens is 3. The summed E-state index contributed by atoms with van der Waals surface area (Å²) >= 11 is 7.46. The molecule has 0 unspecified atom stereocenters. The van der Waals surface area contributed by atoms with Gasteiger partial charge in [0, 0.05) is 21.9 Å². The average Bonchev–Trinajstić information content (AvgIpc) is 2.94. The van der Waals surface area contributed by atoms with Crippen LogP contribution >= 0.6 is 22.9 Å². The first-order chi connectivity index (χ1) is 10.0. The summed E-state index contributed by atoms with van der Waals surface area (Å²) in [4.78, 5) is 16.9. The number of aliphatic carboxylic acids is 1. The zero-order valence-corrected chi connectivity index (χ0v) is 12.8. The van der Waals surface area contributed by atoms with E-state index < -0.39 is 5.97 Å². The van der Waals surface area contributed by atoms with Crippen LogP contribution in [0.15, 0.2) is 24.3 Å². The second kappa shape index (κ2) is 5.46. The normalized spacial score (nSPS) is 11.1. The van der Waals surface area contributed by atoms with Crippen LogP contribution in [0.2, 0.25) is 5.02 Å². The maximum absolute atomic E-state index is 10.6. The lowest BCUT2D eigenvalue weighted by Crippen LogP contribution is -1.99. The van der Waals surface area contributed by atoms with Gasteiger partial charge in [-0.2, -0.15) is 0 Å². The van der Waals surface area contributed by atoms with E-state index in [1.54, 1.807) is 15.9 Å². The van der Waals surface area contributed by atoms with Gasteiger partial charge in [-0.3, -0.25) is 4.79 Å². The number of hydrogen-bond acceptors (Lipinski definition) is 4. The van der Waals surface area contributed by atoms with Crippen LogP contribution in [0.4, 0.5) is 0 Å². The van der Waals surface area contributed by atoms with Crippen LogP contribution in [0, 0.1) is 6.92 Å². The number of halogens is 1. The summed E-state index contributed by atoms with van der Waals surface area (Å²) in [5.74, 6) is -0.291. The van der Waals surface area contributed by atoms with E-state index in [2.05, 4.69) is 10.1 Å². The summed E-state index contributed by atoms with van der Waals surface area (Å²) < 4.78 is 1.78. The van der Waals surface area contributed by atoms with E-state index in [9.17, 15) is 4.79 Å². The third-order valence-electron chi connectivity index (χ3n) is 3.09. The Morgan fingerprint density at radius 3 is 2.76 bits per heavy atom. The first-order valence-corrected chi connectivity index (χ1v) is 7.57. The standard InChI is InChI=1S/C14H12ClN3O2S/c1-8-13(9-2-4-10(15)5-3-9)18-14(21-8)16-11(17-18)6-7-12(19)20/h2-5H,6-7H2,1H3,(H,19,20). The van der Waals surface area contributed by atoms with Crippen molar-refractivity contribution in [3.05, 3.63) is 40.0 Å². The van der Waals surface area contributed by atoms with Crippen LogP contribution in [-0.4, -0.2) is 25.7 Å². The predicted molar refractivity (Wildman–Crippen MR) is 82.0 cm³/mol. The molecule has 0 amide bonds. The Morgan fingerprint density at radius 2 is 2.10 bits per heavy atom. The molecule has 0 atom stereocenters. The van der Waals surface area contributed by atoms with E-state index in [1.165, 1.54) is 0 Å². The molecular formula is C14H12ClN3O2S. The molecule has 3 rings (SSSR count). The number of thiazole rings is 1. The Morgan fingerprint density at radius 1 is 1.38 bits per heavy atom. The lowest BCUT2D eigenvalue weighted by Gasteiger charge is -2.01. The summed E-state index contributed by atoms with van der Waals surface area (Å²) in [6, 6.07) is 7.55. The molecule has 0 fully saturated rings. The van der Waals surface area contributed by atoms with Crippen LogP contribution in [0.1, 0.15) is 17.1 Å². The SMILES string of the molecule is Cc1sc2nc(CCC(=O)O)nn2c1-c1ccc(Cl)cc1. The van der Waals surface area contributed by atoms with Crippen molar-refractivity contribution >= 4 is 33.9 Å². The first-order valence-electron chi connectivity index (χ1n) is 6.37. The van der Waals surface area contributed by atoms with Gasteiger partial charge in [-0.05, 0) is 19.1 Å². The van der Waals surface area contributed by atoms with Crippen LogP contribution in [0.25, 0.3) is 16.2 Å². The number of aryl methyl sites for hydroxylation is 2. The molecule has 7 heteroatoms.